The SMILES string of the molecule is C[Si]1(ON)O[SiH](ON)O[Si](C)(ON)O[Si](C)(ON)O[Si](C)(ON)O1. The van der Waals surface area contributed by atoms with Gasteiger partial charge in [-0.2, -0.15) is 0 Å². The van der Waals surface area contributed by atoms with Crippen molar-refractivity contribution < 1.29 is 43.2 Å². The first kappa shape index (κ1) is 22.5. The molecule has 0 bridgehead atoms. The number of hydrogen-bond donors (Lipinski definition) is 5. The molecule has 4 atom stereocenters. The fourth-order valence-electron chi connectivity index (χ4n) is 1.73. The summed E-state index contributed by atoms with van der Waals surface area (Å²) in [5, 5.41) is 0. The highest BCUT2D eigenvalue weighted by Gasteiger charge is 2.60. The predicted molar refractivity (Wildman–Crippen MR) is 85.4 cm³/mol. The van der Waals surface area contributed by atoms with Crippen LogP contribution in [0.2, 0.25) is 26.2 Å². The molecule has 0 aromatic heterocycles. The van der Waals surface area contributed by atoms with Gasteiger partial charge in [-0.1, -0.05) is 0 Å². The molecular formula is C4H23N5O10Si5. The molecule has 4 unspecified atom stereocenters. The molecule has 1 aliphatic heterocycles. The second-order valence-electron chi connectivity index (χ2n) is 4.89. The van der Waals surface area contributed by atoms with Crippen molar-refractivity contribution in [2.75, 3.05) is 0 Å². The van der Waals surface area contributed by atoms with Crippen LogP contribution in [0.15, 0.2) is 0 Å². The minimum Gasteiger partial charge on any atom is -0.373 e. The van der Waals surface area contributed by atoms with Crippen molar-refractivity contribution in [3.05, 3.63) is 0 Å². The molecule has 10 N–H and O–H groups in total. The summed E-state index contributed by atoms with van der Waals surface area (Å²) in [7, 11) is -17.6. The van der Waals surface area contributed by atoms with E-state index in [9.17, 15) is 0 Å². The van der Waals surface area contributed by atoms with Crippen LogP contribution in [0.5, 0.6) is 0 Å². The molecule has 0 aliphatic carbocycles. The Morgan fingerprint density at radius 1 is 0.583 bits per heavy atom. The smallest absolute Gasteiger partial charge is 0.373 e. The van der Waals surface area contributed by atoms with Gasteiger partial charge in [-0.05, 0) is 0 Å². The zero-order chi connectivity index (χ0) is 18.6. The standard InChI is InChI=1S/C4H23N5O10Si5/c1-21(11-6)15-20(10-5)16-22(2,12-7)18-24(4,14-9)19-23(3,13-8)17-21/h20H,5-9H2,1-4H3. The highest BCUT2D eigenvalue weighted by Crippen LogP contribution is 2.27. The van der Waals surface area contributed by atoms with Crippen molar-refractivity contribution in [2.45, 2.75) is 26.2 Å². The van der Waals surface area contributed by atoms with Crippen LogP contribution in [-0.2, 0) is 43.2 Å². The van der Waals surface area contributed by atoms with E-state index < -0.39 is 44.7 Å². The quantitative estimate of drug-likeness (QED) is 0.206. The summed E-state index contributed by atoms with van der Waals surface area (Å²) in [4.78, 5) is 0. The third-order valence-corrected chi connectivity index (χ3v) is 18.5. The third-order valence-electron chi connectivity index (χ3n) is 2.70. The minimum absolute atomic E-state index is 1.43. The summed E-state index contributed by atoms with van der Waals surface area (Å²) in [6, 6.07) is 0. The van der Waals surface area contributed by atoms with Gasteiger partial charge in [-0.25, -0.2) is 29.5 Å². The van der Waals surface area contributed by atoms with E-state index in [0.717, 1.165) is 0 Å². The first-order valence-corrected chi connectivity index (χ1v) is 16.6. The van der Waals surface area contributed by atoms with Gasteiger partial charge in [-0.3, -0.25) is 22.6 Å². The van der Waals surface area contributed by atoms with E-state index in [0.29, 0.717) is 0 Å². The summed E-state index contributed by atoms with van der Waals surface area (Å²) in [6.45, 7) is 5.71. The van der Waals surface area contributed by atoms with Crippen LogP contribution in [0.1, 0.15) is 0 Å². The van der Waals surface area contributed by atoms with E-state index in [2.05, 4.69) is 0 Å². The van der Waals surface area contributed by atoms with Crippen molar-refractivity contribution in [2.24, 2.45) is 29.5 Å². The van der Waals surface area contributed by atoms with Gasteiger partial charge in [0.25, 0.3) is 0 Å². The van der Waals surface area contributed by atoms with Crippen LogP contribution < -0.4 is 29.5 Å². The second-order valence-corrected chi connectivity index (χ2v) is 17.9. The lowest BCUT2D eigenvalue weighted by atomic mass is 11.9. The number of nitrogens with two attached hydrogens (primary N) is 5. The number of hydrogen-bond acceptors (Lipinski definition) is 15. The van der Waals surface area contributed by atoms with Crippen LogP contribution in [0.3, 0.4) is 0 Å². The molecule has 0 aromatic carbocycles. The maximum Gasteiger partial charge on any atom is 0.499 e. The molecule has 0 saturated carbocycles. The summed E-state index contributed by atoms with van der Waals surface area (Å²) in [6.07, 6.45) is 0. The average Bonchev–Trinajstić information content (AvgIpc) is 2.53. The van der Waals surface area contributed by atoms with E-state index in [-0.39, 0.29) is 0 Å². The van der Waals surface area contributed by atoms with Gasteiger partial charge in [0, 0.05) is 26.2 Å². The topological polar surface area (TPSA) is 222 Å². The van der Waals surface area contributed by atoms with Gasteiger partial charge in [0.1, 0.15) is 0 Å². The highest BCUT2D eigenvalue weighted by atomic mass is 28.5. The Balaban J connectivity index is 3.31. The van der Waals surface area contributed by atoms with Crippen molar-refractivity contribution in [1.29, 1.82) is 0 Å². The monoisotopic (exact) mass is 441 g/mol. The van der Waals surface area contributed by atoms with E-state index in [1.807, 2.05) is 0 Å². The largest absolute Gasteiger partial charge is 0.499 e. The molecule has 0 aromatic rings. The molecule has 0 spiro atoms. The molecule has 0 radical (unpaired) electrons. The Morgan fingerprint density at radius 2 is 0.875 bits per heavy atom. The van der Waals surface area contributed by atoms with Crippen molar-refractivity contribution in [1.82, 2.24) is 0 Å². The van der Waals surface area contributed by atoms with Crippen LogP contribution in [-0.4, -0.2) is 44.7 Å². The summed E-state index contributed by atoms with van der Waals surface area (Å²) in [5.74, 6) is 26.3. The molecule has 24 heavy (non-hydrogen) atoms. The van der Waals surface area contributed by atoms with Crippen LogP contribution in [0.4, 0.5) is 0 Å². The molecule has 144 valence electrons. The lowest BCUT2D eigenvalue weighted by Gasteiger charge is -2.41. The Bertz CT molecular complexity index is 397. The zero-order valence-corrected chi connectivity index (χ0v) is 18.7. The van der Waals surface area contributed by atoms with Gasteiger partial charge in [0.2, 0.25) is 0 Å². The van der Waals surface area contributed by atoms with Crippen LogP contribution >= 0.6 is 0 Å². The Labute approximate surface area is 144 Å². The van der Waals surface area contributed by atoms with Gasteiger partial charge in [0.15, 0.2) is 0 Å². The fourth-order valence-corrected chi connectivity index (χ4v) is 17.6. The molecular weight excluding hydrogens is 418 g/mol. The molecule has 1 heterocycles. The third kappa shape index (κ3) is 5.75. The van der Waals surface area contributed by atoms with E-state index in [4.69, 9.17) is 72.7 Å². The lowest BCUT2D eigenvalue weighted by molar-refractivity contribution is 0.0302. The molecule has 1 aliphatic rings. The van der Waals surface area contributed by atoms with Gasteiger partial charge < -0.3 is 20.6 Å². The zero-order valence-electron chi connectivity index (χ0n) is 13.5. The second kappa shape index (κ2) is 8.45. The highest BCUT2D eigenvalue weighted by molar-refractivity contribution is 6.85. The molecule has 1 fully saturated rings. The van der Waals surface area contributed by atoms with Gasteiger partial charge in [-0.15, -0.1) is 0 Å². The van der Waals surface area contributed by atoms with Gasteiger partial charge >= 0.3 is 44.7 Å². The molecule has 15 nitrogen and oxygen atoms in total. The summed E-state index contributed by atoms with van der Waals surface area (Å²) in [5.41, 5.74) is 0. The molecule has 1 rings (SSSR count). The van der Waals surface area contributed by atoms with Crippen LogP contribution in [0, 0.1) is 0 Å². The maximum absolute atomic E-state index is 5.68. The first-order chi connectivity index (χ1) is 11.0. The average molecular weight is 442 g/mol. The lowest BCUT2D eigenvalue weighted by Crippen LogP contribution is -2.69. The van der Waals surface area contributed by atoms with Crippen molar-refractivity contribution in [3.63, 3.8) is 0 Å². The maximum atomic E-state index is 5.68. The van der Waals surface area contributed by atoms with Gasteiger partial charge in [0.05, 0.1) is 0 Å². The molecule has 1 saturated heterocycles. The van der Waals surface area contributed by atoms with E-state index in [1.54, 1.807) is 0 Å². The fraction of sp³-hybridized carbons (Fsp3) is 1.00. The number of rotatable bonds is 5. The van der Waals surface area contributed by atoms with Crippen molar-refractivity contribution >= 4 is 44.7 Å². The minimum atomic E-state index is -3.64. The van der Waals surface area contributed by atoms with Crippen LogP contribution in [0.25, 0.3) is 0 Å². The van der Waals surface area contributed by atoms with E-state index in [1.165, 1.54) is 26.2 Å². The Hall–Kier alpha value is 0.484. The molecule has 20 heteroatoms. The normalized spacial score (nSPS) is 45.1. The molecule has 0 amide bonds. The first-order valence-electron chi connectivity index (χ1n) is 6.34. The predicted octanol–water partition coefficient (Wildman–Crippen LogP) is -3.47. The van der Waals surface area contributed by atoms with E-state index >= 15 is 0 Å². The summed E-state index contributed by atoms with van der Waals surface area (Å²) >= 11 is 0. The Morgan fingerprint density at radius 3 is 1.12 bits per heavy atom. The summed E-state index contributed by atoms with van der Waals surface area (Å²) < 4.78 is 52.1. The van der Waals surface area contributed by atoms with Crippen molar-refractivity contribution in [3.8, 4) is 0 Å². The Kier molecular flexibility index (Phi) is 7.93.